The van der Waals surface area contributed by atoms with Crippen molar-refractivity contribution in [3.63, 3.8) is 0 Å². The van der Waals surface area contributed by atoms with Crippen LogP contribution in [0.1, 0.15) is 28.4 Å². The summed E-state index contributed by atoms with van der Waals surface area (Å²) in [5.74, 6) is -0.189. The van der Waals surface area contributed by atoms with Gasteiger partial charge in [-0.25, -0.2) is 8.42 Å². The maximum Gasteiger partial charge on any atom is 0.211 e. The van der Waals surface area contributed by atoms with Crippen molar-refractivity contribution in [3.8, 4) is 0 Å². The van der Waals surface area contributed by atoms with Gasteiger partial charge in [0.15, 0.2) is 5.78 Å². The van der Waals surface area contributed by atoms with E-state index in [9.17, 15) is 13.2 Å². The third kappa shape index (κ3) is 3.17. The van der Waals surface area contributed by atoms with E-state index in [1.54, 1.807) is 19.1 Å². The molecule has 1 rings (SSSR count). The molecule has 0 heterocycles. The van der Waals surface area contributed by atoms with Gasteiger partial charge in [-0.15, -0.1) is 0 Å². The SMILES string of the molecule is Cc1ccc(C(=O)C(C)N(C)S(C)(=O)=O)cc1C. The molecular weight excluding hydrogens is 250 g/mol. The number of hydrogen-bond acceptors (Lipinski definition) is 3. The quantitative estimate of drug-likeness (QED) is 0.783. The van der Waals surface area contributed by atoms with Crippen LogP contribution in [-0.2, 0) is 10.0 Å². The van der Waals surface area contributed by atoms with E-state index in [2.05, 4.69) is 0 Å². The molecule has 100 valence electrons. The van der Waals surface area contributed by atoms with E-state index in [1.165, 1.54) is 7.05 Å². The van der Waals surface area contributed by atoms with E-state index in [1.807, 2.05) is 19.9 Å². The van der Waals surface area contributed by atoms with Crippen molar-refractivity contribution in [1.82, 2.24) is 4.31 Å². The molecule has 0 aromatic heterocycles. The minimum absolute atomic E-state index is 0.189. The molecule has 0 N–H and O–H groups in total. The second-order valence-corrected chi connectivity index (χ2v) is 6.66. The van der Waals surface area contributed by atoms with Crippen molar-refractivity contribution >= 4 is 15.8 Å². The summed E-state index contributed by atoms with van der Waals surface area (Å²) in [5.41, 5.74) is 2.67. The molecule has 18 heavy (non-hydrogen) atoms. The molecular formula is C13H19NO3S. The first-order valence-corrected chi connectivity index (χ1v) is 7.54. The fraction of sp³-hybridized carbons (Fsp3) is 0.462. The predicted molar refractivity (Wildman–Crippen MR) is 72.3 cm³/mol. The molecule has 0 radical (unpaired) electrons. The van der Waals surface area contributed by atoms with Gasteiger partial charge in [-0.2, -0.15) is 4.31 Å². The fourth-order valence-electron chi connectivity index (χ4n) is 1.59. The number of benzene rings is 1. The highest BCUT2D eigenvalue weighted by Crippen LogP contribution is 2.14. The molecule has 0 saturated heterocycles. The number of sulfonamides is 1. The Balaban J connectivity index is 3.04. The molecule has 5 heteroatoms. The van der Waals surface area contributed by atoms with E-state index in [0.717, 1.165) is 21.7 Å². The molecule has 0 bridgehead atoms. The Bertz CT molecular complexity index is 564. The summed E-state index contributed by atoms with van der Waals surface area (Å²) in [5, 5.41) is 0. The third-order valence-electron chi connectivity index (χ3n) is 3.24. The Morgan fingerprint density at radius 3 is 2.22 bits per heavy atom. The normalized spacial score (nSPS) is 13.7. The lowest BCUT2D eigenvalue weighted by Crippen LogP contribution is -2.39. The zero-order chi connectivity index (χ0) is 14.1. The molecule has 0 aliphatic rings. The molecule has 0 amide bonds. The number of hydrogen-bond donors (Lipinski definition) is 0. The van der Waals surface area contributed by atoms with E-state index in [-0.39, 0.29) is 5.78 Å². The number of likely N-dealkylation sites (N-methyl/N-ethyl adjacent to an activating group) is 1. The van der Waals surface area contributed by atoms with Gasteiger partial charge in [-0.05, 0) is 38.0 Å². The highest BCUT2D eigenvalue weighted by molar-refractivity contribution is 7.88. The second kappa shape index (κ2) is 5.20. The number of carbonyl (C=O) groups excluding carboxylic acids is 1. The summed E-state index contributed by atoms with van der Waals surface area (Å²) in [6, 6.07) is 4.71. The van der Waals surface area contributed by atoms with Crippen LogP contribution in [0.2, 0.25) is 0 Å². The zero-order valence-electron chi connectivity index (χ0n) is 11.4. The maximum atomic E-state index is 12.2. The van der Waals surface area contributed by atoms with Crippen LogP contribution < -0.4 is 0 Å². The van der Waals surface area contributed by atoms with Crippen LogP contribution in [0, 0.1) is 13.8 Å². The Morgan fingerprint density at radius 1 is 1.22 bits per heavy atom. The van der Waals surface area contributed by atoms with Crippen molar-refractivity contribution in [1.29, 1.82) is 0 Å². The van der Waals surface area contributed by atoms with Crippen LogP contribution in [0.15, 0.2) is 18.2 Å². The predicted octanol–water partition coefficient (Wildman–Crippen LogP) is 1.77. The maximum absolute atomic E-state index is 12.2. The van der Waals surface area contributed by atoms with E-state index < -0.39 is 16.1 Å². The second-order valence-electron chi connectivity index (χ2n) is 4.62. The first-order valence-electron chi connectivity index (χ1n) is 5.69. The largest absolute Gasteiger partial charge is 0.292 e. The zero-order valence-corrected chi connectivity index (χ0v) is 12.2. The van der Waals surface area contributed by atoms with E-state index in [4.69, 9.17) is 0 Å². The van der Waals surface area contributed by atoms with Gasteiger partial charge in [-0.1, -0.05) is 12.1 Å². The summed E-state index contributed by atoms with van der Waals surface area (Å²) in [4.78, 5) is 12.2. The fourth-order valence-corrected chi connectivity index (χ4v) is 2.26. The molecule has 1 atom stereocenters. The van der Waals surface area contributed by atoms with E-state index in [0.29, 0.717) is 5.56 Å². The van der Waals surface area contributed by atoms with Crippen molar-refractivity contribution in [2.24, 2.45) is 0 Å². The van der Waals surface area contributed by atoms with Crippen LogP contribution in [0.3, 0.4) is 0 Å². The number of nitrogens with zero attached hydrogens (tertiary/aromatic N) is 1. The molecule has 0 spiro atoms. The Kier molecular flexibility index (Phi) is 4.29. The highest BCUT2D eigenvalue weighted by Gasteiger charge is 2.25. The Labute approximate surface area is 109 Å². The van der Waals surface area contributed by atoms with Crippen LogP contribution in [0.5, 0.6) is 0 Å². The lowest BCUT2D eigenvalue weighted by Gasteiger charge is -2.21. The van der Waals surface area contributed by atoms with Gasteiger partial charge in [0.1, 0.15) is 0 Å². The molecule has 4 nitrogen and oxygen atoms in total. The summed E-state index contributed by atoms with van der Waals surface area (Å²) < 4.78 is 23.9. The van der Waals surface area contributed by atoms with Crippen molar-refractivity contribution in [2.75, 3.05) is 13.3 Å². The number of carbonyl (C=O) groups is 1. The van der Waals surface area contributed by atoms with Crippen LogP contribution in [0.4, 0.5) is 0 Å². The summed E-state index contributed by atoms with van der Waals surface area (Å²) in [6.45, 7) is 5.49. The minimum Gasteiger partial charge on any atom is -0.292 e. The molecule has 1 aromatic rings. The lowest BCUT2D eigenvalue weighted by atomic mass is 10.0. The summed E-state index contributed by atoms with van der Waals surface area (Å²) >= 11 is 0. The molecule has 0 aliphatic heterocycles. The Hall–Kier alpha value is -1.20. The molecule has 1 aromatic carbocycles. The van der Waals surface area contributed by atoms with E-state index >= 15 is 0 Å². The van der Waals surface area contributed by atoms with Crippen molar-refractivity contribution in [2.45, 2.75) is 26.8 Å². The monoisotopic (exact) mass is 269 g/mol. The van der Waals surface area contributed by atoms with Gasteiger partial charge in [0.25, 0.3) is 0 Å². The number of rotatable bonds is 4. The average Bonchev–Trinajstić information content (AvgIpc) is 2.28. The third-order valence-corrected chi connectivity index (χ3v) is 4.60. The summed E-state index contributed by atoms with van der Waals surface area (Å²) in [7, 11) is -1.95. The Morgan fingerprint density at radius 2 is 1.78 bits per heavy atom. The minimum atomic E-state index is -3.36. The number of Topliss-reactive ketones (excluding diaryl/α,β-unsaturated/α-hetero) is 1. The topological polar surface area (TPSA) is 54.5 Å². The number of aryl methyl sites for hydroxylation is 2. The molecule has 0 fully saturated rings. The van der Waals surface area contributed by atoms with Gasteiger partial charge in [-0.3, -0.25) is 4.79 Å². The van der Waals surface area contributed by atoms with Gasteiger partial charge >= 0.3 is 0 Å². The average molecular weight is 269 g/mol. The van der Waals surface area contributed by atoms with Gasteiger partial charge in [0.2, 0.25) is 10.0 Å². The molecule has 1 unspecified atom stereocenters. The number of ketones is 1. The van der Waals surface area contributed by atoms with Gasteiger partial charge < -0.3 is 0 Å². The van der Waals surface area contributed by atoms with Crippen LogP contribution in [-0.4, -0.2) is 37.9 Å². The first kappa shape index (κ1) is 14.9. The van der Waals surface area contributed by atoms with Crippen LogP contribution in [0.25, 0.3) is 0 Å². The standard InChI is InChI=1S/C13H19NO3S/c1-9-6-7-12(8-10(9)2)13(15)11(3)14(4)18(5,16)17/h6-8,11H,1-5H3. The smallest absolute Gasteiger partial charge is 0.211 e. The van der Waals surface area contributed by atoms with Crippen molar-refractivity contribution < 1.29 is 13.2 Å². The molecule has 0 saturated carbocycles. The van der Waals surface area contributed by atoms with Crippen molar-refractivity contribution in [3.05, 3.63) is 34.9 Å². The van der Waals surface area contributed by atoms with Gasteiger partial charge in [0, 0.05) is 12.6 Å². The summed E-state index contributed by atoms with van der Waals surface area (Å²) in [6.07, 6.45) is 1.09. The first-order chi connectivity index (χ1) is 8.14. The van der Waals surface area contributed by atoms with Gasteiger partial charge in [0.05, 0.1) is 12.3 Å². The highest BCUT2D eigenvalue weighted by atomic mass is 32.2. The van der Waals surface area contributed by atoms with Crippen LogP contribution >= 0.6 is 0 Å². The lowest BCUT2D eigenvalue weighted by molar-refractivity contribution is 0.0919. The molecule has 0 aliphatic carbocycles.